The van der Waals surface area contributed by atoms with Crippen molar-refractivity contribution in [3.63, 3.8) is 0 Å². The van der Waals surface area contributed by atoms with Gasteiger partial charge in [0.15, 0.2) is 16.9 Å². The van der Waals surface area contributed by atoms with E-state index in [1.807, 2.05) is 19.2 Å². The minimum absolute atomic E-state index is 0.183. The summed E-state index contributed by atoms with van der Waals surface area (Å²) in [7, 11) is 0. The molecule has 1 aromatic carbocycles. The number of benzene rings is 1. The fourth-order valence-corrected chi connectivity index (χ4v) is 4.66. The molecule has 0 amide bonds. The molecule has 1 aliphatic heterocycles. The summed E-state index contributed by atoms with van der Waals surface area (Å²) in [4.78, 5) is 37.0. The Balaban J connectivity index is 2.13. The number of amidine groups is 1. The molecule has 1 aliphatic rings. The topological polar surface area (TPSA) is 93.1 Å². The molecule has 0 spiro atoms. The summed E-state index contributed by atoms with van der Waals surface area (Å²) < 4.78 is 10.5. The number of thiazole rings is 1. The van der Waals surface area contributed by atoms with Crippen LogP contribution in [-0.4, -0.2) is 60.0 Å². The Morgan fingerprint density at radius 3 is 2.57 bits per heavy atom. The lowest BCUT2D eigenvalue weighted by molar-refractivity contribution is -0.164. The first-order chi connectivity index (χ1) is 16.8. The van der Waals surface area contributed by atoms with Crippen LogP contribution in [0.5, 0.6) is 0 Å². The number of carbonyl (C=O) groups excluding carboxylic acids is 2. The Labute approximate surface area is 218 Å². The second-order valence-electron chi connectivity index (χ2n) is 7.66. The third-order valence-electron chi connectivity index (χ3n) is 5.42. The maximum atomic E-state index is 13.5. The third kappa shape index (κ3) is 6.61. The lowest BCUT2D eigenvalue weighted by Crippen LogP contribution is -2.40. The van der Waals surface area contributed by atoms with Crippen molar-refractivity contribution in [3.05, 3.63) is 61.7 Å². The molecule has 2 atom stereocenters. The molecule has 0 bridgehead atoms. The summed E-state index contributed by atoms with van der Waals surface area (Å²) in [5.41, 5.74) is 1.45. The van der Waals surface area contributed by atoms with E-state index < -0.39 is 24.1 Å². The molecule has 1 aromatic heterocycles. The molecule has 1 N–H and O–H groups in total. The number of likely N-dealkylation sites (N-methyl/N-ethyl adjacent to an activating group) is 1. The van der Waals surface area contributed by atoms with Gasteiger partial charge >= 0.3 is 11.9 Å². The van der Waals surface area contributed by atoms with Crippen LogP contribution in [0.25, 0.3) is 0 Å². The first-order valence-electron chi connectivity index (χ1n) is 11.3. The van der Waals surface area contributed by atoms with Crippen molar-refractivity contribution >= 4 is 52.3 Å². The predicted octanol–water partition coefficient (Wildman–Crippen LogP) is 4.63. The van der Waals surface area contributed by atoms with Gasteiger partial charge in [-0.2, -0.15) is 0 Å². The van der Waals surface area contributed by atoms with E-state index in [0.29, 0.717) is 38.7 Å². The average Bonchev–Trinajstić information content (AvgIpc) is 3.37. The Morgan fingerprint density at radius 1 is 1.23 bits per heavy atom. The number of hydrogen-bond acceptors (Lipinski definition) is 9. The van der Waals surface area contributed by atoms with Crippen LogP contribution in [0, 0.1) is 0 Å². The van der Waals surface area contributed by atoms with Crippen molar-refractivity contribution < 1.29 is 19.1 Å². The van der Waals surface area contributed by atoms with Crippen molar-refractivity contribution in [3.8, 4) is 0 Å². The number of ether oxygens (including phenoxy) is 2. The third-order valence-corrected chi connectivity index (χ3v) is 6.76. The van der Waals surface area contributed by atoms with Crippen molar-refractivity contribution in [2.75, 3.05) is 26.2 Å². The average molecular weight is 539 g/mol. The number of nitrogens with zero attached hydrogens (tertiary/aromatic N) is 3. The lowest BCUT2D eigenvalue weighted by atomic mass is 9.95. The molecule has 0 saturated carbocycles. The quantitative estimate of drug-likeness (QED) is 0.440. The molecular weight excluding hydrogens is 511 g/mol. The summed E-state index contributed by atoms with van der Waals surface area (Å²) in [5.74, 6) is -0.783. The van der Waals surface area contributed by atoms with Gasteiger partial charge < -0.3 is 14.8 Å². The lowest BCUT2D eigenvalue weighted by Gasteiger charge is -2.30. The second kappa shape index (κ2) is 12.5. The molecule has 11 heteroatoms. The minimum atomic E-state index is -1.09. The van der Waals surface area contributed by atoms with Crippen molar-refractivity contribution in [1.29, 1.82) is 0 Å². The van der Waals surface area contributed by atoms with Crippen LogP contribution in [0.2, 0.25) is 10.0 Å². The van der Waals surface area contributed by atoms with E-state index in [1.54, 1.807) is 31.3 Å². The summed E-state index contributed by atoms with van der Waals surface area (Å²) in [6.07, 6.45) is 0.600. The maximum Gasteiger partial charge on any atom is 0.347 e. The van der Waals surface area contributed by atoms with Crippen LogP contribution in [0.3, 0.4) is 0 Å². The van der Waals surface area contributed by atoms with Crippen LogP contribution in [-0.2, 0) is 19.1 Å². The van der Waals surface area contributed by atoms with Gasteiger partial charge in [0, 0.05) is 39.4 Å². The molecule has 3 rings (SSSR count). The number of halogens is 2. The predicted molar refractivity (Wildman–Crippen MR) is 138 cm³/mol. The van der Waals surface area contributed by atoms with Gasteiger partial charge in [0.05, 0.1) is 12.2 Å². The summed E-state index contributed by atoms with van der Waals surface area (Å²) in [5, 5.41) is 6.64. The number of aliphatic imine (C=N–C) groups is 1. The van der Waals surface area contributed by atoms with E-state index in [0.717, 1.165) is 13.1 Å². The smallest absolute Gasteiger partial charge is 0.347 e. The number of esters is 2. The monoisotopic (exact) mass is 538 g/mol. The molecule has 0 aliphatic carbocycles. The van der Waals surface area contributed by atoms with Gasteiger partial charge in [0.25, 0.3) is 0 Å². The normalized spacial score (nSPS) is 16.5. The fourth-order valence-electron chi connectivity index (χ4n) is 3.56. The molecule has 0 radical (unpaired) electrons. The number of aromatic nitrogens is 1. The Morgan fingerprint density at radius 2 is 1.97 bits per heavy atom. The Bertz CT molecular complexity index is 1120. The number of nitrogens with one attached hydrogen (secondary N) is 1. The second-order valence-corrected chi connectivity index (χ2v) is 9.40. The number of rotatable bonds is 10. The summed E-state index contributed by atoms with van der Waals surface area (Å²) >= 11 is 14.1. The van der Waals surface area contributed by atoms with Gasteiger partial charge in [-0.3, -0.25) is 9.89 Å². The largest absolute Gasteiger partial charge is 0.463 e. The van der Waals surface area contributed by atoms with Crippen LogP contribution < -0.4 is 5.32 Å². The van der Waals surface area contributed by atoms with E-state index in [2.05, 4.69) is 15.2 Å². The molecule has 2 heterocycles. The van der Waals surface area contributed by atoms with Gasteiger partial charge in [-0.25, -0.2) is 14.6 Å². The van der Waals surface area contributed by atoms with Crippen LogP contribution in [0.15, 0.2) is 46.0 Å². The molecule has 0 fully saturated rings. The maximum absolute atomic E-state index is 13.5. The first-order valence-corrected chi connectivity index (χ1v) is 12.9. The summed E-state index contributed by atoms with van der Waals surface area (Å²) in [6, 6.07) is 4.23. The highest BCUT2D eigenvalue weighted by molar-refractivity contribution is 7.11. The van der Waals surface area contributed by atoms with Gasteiger partial charge in [0.1, 0.15) is 6.04 Å². The van der Waals surface area contributed by atoms with E-state index in [9.17, 15) is 9.59 Å². The molecule has 8 nitrogen and oxygen atoms in total. The van der Waals surface area contributed by atoms with Gasteiger partial charge in [-0.1, -0.05) is 43.1 Å². The standard InChI is InChI=1S/C24H28Cl2N4O4S/c1-5-30(6-2)13-18-19(24(32)34-14(4)23(31)33-7-3)20(16-9-8-15(25)12-17(16)26)29-21(28-18)22-27-10-11-35-22/h8-12,14,20H,5-7,13H2,1-4H3,(H,28,29)/t14-,20+/m1/s1. The highest BCUT2D eigenvalue weighted by Gasteiger charge is 2.36. The molecule has 0 saturated heterocycles. The summed E-state index contributed by atoms with van der Waals surface area (Å²) in [6.45, 7) is 9.38. The minimum Gasteiger partial charge on any atom is -0.463 e. The van der Waals surface area contributed by atoms with Crippen LogP contribution >= 0.6 is 34.5 Å². The molecule has 2 aromatic rings. The van der Waals surface area contributed by atoms with Crippen LogP contribution in [0.4, 0.5) is 0 Å². The van der Waals surface area contributed by atoms with E-state index in [-0.39, 0.29) is 12.2 Å². The zero-order valence-corrected chi connectivity index (χ0v) is 22.3. The van der Waals surface area contributed by atoms with Crippen molar-refractivity contribution in [2.45, 2.75) is 39.8 Å². The van der Waals surface area contributed by atoms with E-state index >= 15 is 0 Å². The van der Waals surface area contributed by atoms with E-state index in [1.165, 1.54) is 18.3 Å². The van der Waals surface area contributed by atoms with Crippen LogP contribution in [0.1, 0.15) is 44.3 Å². The van der Waals surface area contributed by atoms with E-state index in [4.69, 9.17) is 37.7 Å². The zero-order valence-electron chi connectivity index (χ0n) is 20.0. The first kappa shape index (κ1) is 27.1. The molecular formula is C24H28Cl2N4O4S. The van der Waals surface area contributed by atoms with Gasteiger partial charge in [-0.15, -0.1) is 11.3 Å². The fraction of sp³-hybridized carbons (Fsp3) is 0.417. The SMILES string of the molecule is CCOC(=O)[C@@H](C)OC(=O)C1=C(CN(CC)CC)NC(c2nccs2)=N[C@H]1c1ccc(Cl)cc1Cl. The molecule has 0 unspecified atom stereocenters. The highest BCUT2D eigenvalue weighted by atomic mass is 35.5. The Kier molecular flexibility index (Phi) is 9.68. The number of hydrogen-bond donors (Lipinski definition) is 1. The number of carbonyl (C=O) groups is 2. The van der Waals surface area contributed by atoms with Gasteiger partial charge in [0.2, 0.25) is 0 Å². The molecule has 35 heavy (non-hydrogen) atoms. The van der Waals surface area contributed by atoms with Gasteiger partial charge in [-0.05, 0) is 39.1 Å². The Hall–Kier alpha value is -2.46. The zero-order chi connectivity index (χ0) is 25.5. The molecule has 188 valence electrons. The van der Waals surface area contributed by atoms with Crippen molar-refractivity contribution in [2.24, 2.45) is 4.99 Å². The van der Waals surface area contributed by atoms with Crippen molar-refractivity contribution in [1.82, 2.24) is 15.2 Å². The highest BCUT2D eigenvalue weighted by Crippen LogP contribution is 2.37.